The number of amides is 1. The first-order valence-electron chi connectivity index (χ1n) is 7.21. The molecule has 2 N–H and O–H groups in total. The van der Waals surface area contributed by atoms with E-state index < -0.39 is 11.5 Å². The molecule has 0 aromatic carbocycles. The Morgan fingerprint density at radius 2 is 2.10 bits per heavy atom. The number of ether oxygens (including phenoxy) is 1. The Morgan fingerprint density at radius 1 is 1.43 bits per heavy atom. The first-order valence-corrected chi connectivity index (χ1v) is 7.21. The Morgan fingerprint density at radius 3 is 2.67 bits per heavy atom. The second kappa shape index (κ2) is 5.14. The summed E-state index contributed by atoms with van der Waals surface area (Å²) in [6.45, 7) is 3.25. The lowest BCUT2D eigenvalue weighted by atomic mass is 10.1. The van der Waals surface area contributed by atoms with Gasteiger partial charge in [0.2, 0.25) is 0 Å². The number of nitrogens with zero attached hydrogens (tertiary/aromatic N) is 2. The molecule has 1 saturated carbocycles. The third kappa shape index (κ3) is 2.53. The minimum absolute atomic E-state index is 0.245. The molecule has 1 aliphatic carbocycles. The van der Waals surface area contributed by atoms with Gasteiger partial charge in [-0.15, -0.1) is 0 Å². The molecular weight excluding hydrogens is 274 g/mol. The van der Waals surface area contributed by atoms with Crippen molar-refractivity contribution < 1.29 is 19.4 Å². The molecule has 2 fully saturated rings. The van der Waals surface area contributed by atoms with Crippen LogP contribution in [0.3, 0.4) is 0 Å². The number of aromatic nitrogens is 2. The molecule has 1 aliphatic heterocycles. The van der Waals surface area contributed by atoms with Gasteiger partial charge >= 0.3 is 5.97 Å². The minimum atomic E-state index is -1.07. The predicted molar refractivity (Wildman–Crippen MR) is 73.1 cm³/mol. The van der Waals surface area contributed by atoms with Gasteiger partial charge in [-0.25, -0.2) is 4.79 Å². The summed E-state index contributed by atoms with van der Waals surface area (Å²) < 4.78 is 7.19. The summed E-state index contributed by atoms with van der Waals surface area (Å²) in [6.07, 6.45) is 4.26. The van der Waals surface area contributed by atoms with E-state index in [0.29, 0.717) is 31.6 Å². The van der Waals surface area contributed by atoms with E-state index in [2.05, 4.69) is 10.4 Å². The van der Waals surface area contributed by atoms with Crippen LogP contribution < -0.4 is 5.32 Å². The maximum absolute atomic E-state index is 12.3. The molecule has 114 valence electrons. The number of carbonyl (C=O) groups excluding carboxylic acids is 1. The van der Waals surface area contributed by atoms with Crippen molar-refractivity contribution in [2.45, 2.75) is 44.2 Å². The fraction of sp³-hybridized carbons (Fsp3) is 0.643. The van der Waals surface area contributed by atoms with E-state index in [1.165, 1.54) is 6.20 Å². The summed E-state index contributed by atoms with van der Waals surface area (Å²) in [6, 6.07) is 0.245. The Labute approximate surface area is 122 Å². The van der Waals surface area contributed by atoms with Crippen molar-refractivity contribution in [1.82, 2.24) is 15.1 Å². The Kier molecular flexibility index (Phi) is 3.44. The monoisotopic (exact) mass is 293 g/mol. The SMILES string of the molecule is Cc1c(C(=O)NC2(C(=O)O)CC2)cnn1C1CCOCC1. The minimum Gasteiger partial charge on any atom is -0.480 e. The van der Waals surface area contributed by atoms with Crippen molar-refractivity contribution in [1.29, 1.82) is 0 Å². The highest BCUT2D eigenvalue weighted by atomic mass is 16.5. The fourth-order valence-electron chi connectivity index (χ4n) is 2.75. The summed E-state index contributed by atoms with van der Waals surface area (Å²) in [7, 11) is 0. The zero-order chi connectivity index (χ0) is 15.0. The van der Waals surface area contributed by atoms with Crippen LogP contribution in [0.5, 0.6) is 0 Å². The lowest BCUT2D eigenvalue weighted by Gasteiger charge is -2.23. The maximum atomic E-state index is 12.3. The topological polar surface area (TPSA) is 93.5 Å². The molecule has 0 radical (unpaired) electrons. The highest BCUT2D eigenvalue weighted by Gasteiger charge is 2.51. The van der Waals surface area contributed by atoms with Gasteiger partial charge in [-0.2, -0.15) is 5.10 Å². The number of nitrogens with one attached hydrogen (secondary N) is 1. The van der Waals surface area contributed by atoms with Gasteiger partial charge in [0.15, 0.2) is 0 Å². The van der Waals surface area contributed by atoms with Crippen LogP contribution in [0, 0.1) is 6.92 Å². The molecule has 2 heterocycles. The molecule has 3 rings (SSSR count). The zero-order valence-electron chi connectivity index (χ0n) is 12.0. The van der Waals surface area contributed by atoms with E-state index >= 15 is 0 Å². The summed E-state index contributed by atoms with van der Waals surface area (Å²) in [4.78, 5) is 23.4. The van der Waals surface area contributed by atoms with Crippen LogP contribution in [0.25, 0.3) is 0 Å². The van der Waals surface area contributed by atoms with E-state index in [1.807, 2.05) is 11.6 Å². The van der Waals surface area contributed by atoms with Gasteiger partial charge in [-0.05, 0) is 32.6 Å². The third-order valence-electron chi connectivity index (χ3n) is 4.34. The van der Waals surface area contributed by atoms with E-state index in [4.69, 9.17) is 9.84 Å². The van der Waals surface area contributed by atoms with Gasteiger partial charge in [0.05, 0.1) is 17.8 Å². The van der Waals surface area contributed by atoms with Gasteiger partial charge in [-0.3, -0.25) is 9.48 Å². The Hall–Kier alpha value is -1.89. The number of hydrogen-bond acceptors (Lipinski definition) is 4. The second-order valence-corrected chi connectivity index (χ2v) is 5.77. The van der Waals surface area contributed by atoms with Crippen LogP contribution in [0.1, 0.15) is 47.8 Å². The first-order chi connectivity index (χ1) is 10.0. The predicted octanol–water partition coefficient (Wildman–Crippen LogP) is 0.890. The van der Waals surface area contributed by atoms with Gasteiger partial charge in [0.1, 0.15) is 5.54 Å². The van der Waals surface area contributed by atoms with Gasteiger partial charge < -0.3 is 15.2 Å². The maximum Gasteiger partial charge on any atom is 0.329 e. The van der Waals surface area contributed by atoms with Gasteiger partial charge in [-0.1, -0.05) is 0 Å². The van der Waals surface area contributed by atoms with Crippen molar-refractivity contribution in [2.75, 3.05) is 13.2 Å². The number of carbonyl (C=O) groups is 2. The van der Waals surface area contributed by atoms with Crippen LogP contribution in [0.15, 0.2) is 6.20 Å². The zero-order valence-corrected chi connectivity index (χ0v) is 12.0. The highest BCUT2D eigenvalue weighted by Crippen LogP contribution is 2.36. The van der Waals surface area contributed by atoms with Crippen LogP contribution >= 0.6 is 0 Å². The van der Waals surface area contributed by atoms with Crippen LogP contribution in [0.4, 0.5) is 0 Å². The number of carboxylic acids is 1. The molecule has 0 unspecified atom stereocenters. The molecule has 0 bridgehead atoms. The quantitative estimate of drug-likeness (QED) is 0.860. The Balaban J connectivity index is 1.75. The summed E-state index contributed by atoms with van der Waals surface area (Å²) in [5.41, 5.74) is 0.166. The van der Waals surface area contributed by atoms with E-state index in [9.17, 15) is 9.59 Å². The molecule has 2 aliphatic rings. The summed E-state index contributed by atoms with van der Waals surface area (Å²) in [5, 5.41) is 16.1. The first kappa shape index (κ1) is 14.1. The smallest absolute Gasteiger partial charge is 0.329 e. The van der Waals surface area contributed by atoms with Gasteiger partial charge in [0, 0.05) is 18.9 Å². The number of rotatable bonds is 4. The lowest BCUT2D eigenvalue weighted by molar-refractivity contribution is -0.140. The molecule has 0 spiro atoms. The molecule has 1 aromatic heterocycles. The standard InChI is InChI=1S/C14H19N3O4/c1-9-11(12(18)16-14(4-5-14)13(19)20)8-15-17(9)10-2-6-21-7-3-10/h8,10H,2-7H2,1H3,(H,16,18)(H,19,20). The van der Waals surface area contributed by atoms with Crippen molar-refractivity contribution in [3.8, 4) is 0 Å². The van der Waals surface area contributed by atoms with E-state index in [-0.39, 0.29) is 11.9 Å². The van der Waals surface area contributed by atoms with Gasteiger partial charge in [0.25, 0.3) is 5.91 Å². The molecule has 7 heteroatoms. The number of aliphatic carboxylic acids is 1. The fourth-order valence-corrected chi connectivity index (χ4v) is 2.75. The lowest BCUT2D eigenvalue weighted by Crippen LogP contribution is -2.43. The van der Waals surface area contributed by atoms with Crippen molar-refractivity contribution in [3.05, 3.63) is 17.5 Å². The highest BCUT2D eigenvalue weighted by molar-refractivity contribution is 5.99. The van der Waals surface area contributed by atoms with Crippen molar-refractivity contribution >= 4 is 11.9 Å². The van der Waals surface area contributed by atoms with E-state index in [1.54, 1.807) is 0 Å². The average molecular weight is 293 g/mol. The third-order valence-corrected chi connectivity index (χ3v) is 4.34. The van der Waals surface area contributed by atoms with Crippen LogP contribution in [-0.2, 0) is 9.53 Å². The van der Waals surface area contributed by atoms with Crippen LogP contribution in [0.2, 0.25) is 0 Å². The molecular formula is C14H19N3O4. The summed E-state index contributed by atoms with van der Waals surface area (Å²) in [5.74, 6) is -1.32. The van der Waals surface area contributed by atoms with Crippen molar-refractivity contribution in [3.63, 3.8) is 0 Å². The molecule has 0 atom stereocenters. The Bertz CT molecular complexity index is 571. The normalized spacial score (nSPS) is 21.0. The largest absolute Gasteiger partial charge is 0.480 e. The average Bonchev–Trinajstić information content (AvgIpc) is 3.15. The number of hydrogen-bond donors (Lipinski definition) is 2. The van der Waals surface area contributed by atoms with E-state index in [0.717, 1.165) is 18.5 Å². The van der Waals surface area contributed by atoms with Crippen molar-refractivity contribution in [2.24, 2.45) is 0 Å². The van der Waals surface area contributed by atoms with Crippen LogP contribution in [-0.4, -0.2) is 45.5 Å². The summed E-state index contributed by atoms with van der Waals surface area (Å²) >= 11 is 0. The second-order valence-electron chi connectivity index (χ2n) is 5.77. The molecule has 1 amide bonds. The molecule has 7 nitrogen and oxygen atoms in total. The number of carboxylic acid groups (broad SMARTS) is 1. The molecule has 1 aromatic rings. The molecule has 21 heavy (non-hydrogen) atoms. The molecule has 1 saturated heterocycles.